The molecule has 2 aliphatic rings. The van der Waals surface area contributed by atoms with Crippen LogP contribution < -0.4 is 9.64 Å². The third-order valence-corrected chi connectivity index (χ3v) is 6.82. The molecule has 2 fully saturated rings. The summed E-state index contributed by atoms with van der Waals surface area (Å²) in [6.45, 7) is 6.64. The van der Waals surface area contributed by atoms with Crippen molar-refractivity contribution in [3.63, 3.8) is 0 Å². The highest BCUT2D eigenvalue weighted by atomic mass is 32.2. The molecule has 0 spiro atoms. The highest BCUT2D eigenvalue weighted by molar-refractivity contribution is 7.72. The summed E-state index contributed by atoms with van der Waals surface area (Å²) < 4.78 is 35.0. The number of aromatic nitrogens is 4. The molecular weight excluding hydrogens is 458 g/mol. The smallest absolute Gasteiger partial charge is 0.180 e. The van der Waals surface area contributed by atoms with E-state index in [1.54, 1.807) is 19.5 Å². The second kappa shape index (κ2) is 10.2. The minimum absolute atomic E-state index is 0.133. The Balaban J connectivity index is 1.44. The van der Waals surface area contributed by atoms with Crippen molar-refractivity contribution < 1.29 is 17.9 Å². The Kier molecular flexibility index (Phi) is 6.90. The van der Waals surface area contributed by atoms with E-state index in [1.165, 1.54) is 0 Å². The molecule has 182 valence electrons. The largest absolute Gasteiger partial charge is 0.495 e. The number of imidazole rings is 1. The quantitative estimate of drug-likeness (QED) is 0.469. The van der Waals surface area contributed by atoms with Crippen LogP contribution in [0.25, 0.3) is 16.9 Å². The Morgan fingerprint density at radius 3 is 2.50 bits per heavy atom. The summed E-state index contributed by atoms with van der Waals surface area (Å²) in [5.41, 5.74) is 3.45. The highest BCUT2D eigenvalue weighted by Crippen LogP contribution is 2.27. The first-order valence-electron chi connectivity index (χ1n) is 11.4. The molecule has 3 aromatic rings. The van der Waals surface area contributed by atoms with Gasteiger partial charge in [0.15, 0.2) is 22.2 Å². The Hall–Kier alpha value is -2.80. The summed E-state index contributed by atoms with van der Waals surface area (Å²) in [6.07, 6.45) is 7.50. The van der Waals surface area contributed by atoms with E-state index in [2.05, 4.69) is 21.0 Å². The highest BCUT2D eigenvalue weighted by Gasteiger charge is 2.22. The van der Waals surface area contributed by atoms with Gasteiger partial charge in [0.2, 0.25) is 0 Å². The van der Waals surface area contributed by atoms with Gasteiger partial charge in [0.25, 0.3) is 0 Å². The number of hydrogen-bond acceptors (Lipinski definition) is 10. The summed E-state index contributed by atoms with van der Waals surface area (Å²) >= 11 is 0. The van der Waals surface area contributed by atoms with Crippen molar-refractivity contribution in [2.45, 2.75) is 6.54 Å². The predicted molar refractivity (Wildman–Crippen MR) is 128 cm³/mol. The number of piperazine rings is 1. The first-order valence-corrected chi connectivity index (χ1v) is 12.7. The Bertz CT molecular complexity index is 1210. The summed E-state index contributed by atoms with van der Waals surface area (Å²) in [4.78, 5) is 20.7. The van der Waals surface area contributed by atoms with Gasteiger partial charge < -0.3 is 18.8 Å². The van der Waals surface area contributed by atoms with Gasteiger partial charge >= 0.3 is 0 Å². The number of pyridine rings is 1. The fourth-order valence-corrected chi connectivity index (χ4v) is 5.00. The van der Waals surface area contributed by atoms with E-state index in [1.807, 2.05) is 21.6 Å². The Labute approximate surface area is 199 Å². The van der Waals surface area contributed by atoms with Crippen molar-refractivity contribution in [1.82, 2.24) is 29.2 Å². The molecule has 0 N–H and O–H groups in total. The number of hydrogen-bond donors (Lipinski definition) is 1. The molecule has 2 saturated heterocycles. The Morgan fingerprint density at radius 1 is 1.00 bits per heavy atom. The van der Waals surface area contributed by atoms with E-state index in [0.717, 1.165) is 67.7 Å². The van der Waals surface area contributed by atoms with Crippen molar-refractivity contribution in [2.24, 2.45) is 0 Å². The molecule has 5 rings (SSSR count). The van der Waals surface area contributed by atoms with Gasteiger partial charge in [0, 0.05) is 70.0 Å². The molecule has 34 heavy (non-hydrogen) atoms. The van der Waals surface area contributed by atoms with Gasteiger partial charge in [-0.2, -0.15) is 0 Å². The molecule has 12 heteroatoms. The zero-order chi connectivity index (χ0) is 23.5. The van der Waals surface area contributed by atoms with Crippen molar-refractivity contribution in [3.05, 3.63) is 36.5 Å². The molecule has 0 aliphatic carbocycles. The van der Waals surface area contributed by atoms with Gasteiger partial charge in [-0.15, -0.1) is 0 Å². The van der Waals surface area contributed by atoms with Crippen LogP contribution in [0.1, 0.15) is 5.69 Å². The number of anilines is 1. The number of thiol groups is 1. The lowest BCUT2D eigenvalue weighted by molar-refractivity contribution is 0.122. The van der Waals surface area contributed by atoms with Crippen LogP contribution in [-0.4, -0.2) is 103 Å². The minimum Gasteiger partial charge on any atom is -0.495 e. The van der Waals surface area contributed by atoms with E-state index in [0.29, 0.717) is 25.5 Å². The number of rotatable bonds is 7. The maximum atomic E-state index is 11.0. The third-order valence-electron chi connectivity index (χ3n) is 6.19. The van der Waals surface area contributed by atoms with E-state index >= 15 is 0 Å². The second-order valence-corrected chi connectivity index (χ2v) is 9.44. The summed E-state index contributed by atoms with van der Waals surface area (Å²) in [6, 6.07) is 1.93. The van der Waals surface area contributed by atoms with Crippen molar-refractivity contribution in [2.75, 3.05) is 70.4 Å². The maximum absolute atomic E-state index is 11.0. The molecule has 0 aromatic carbocycles. The van der Waals surface area contributed by atoms with Crippen LogP contribution in [0.3, 0.4) is 0 Å². The number of fused-ring (bicyclic) bond motifs is 1. The van der Waals surface area contributed by atoms with Crippen molar-refractivity contribution >= 4 is 22.2 Å². The van der Waals surface area contributed by atoms with Gasteiger partial charge in [-0.05, 0) is 6.07 Å². The zero-order valence-electron chi connectivity index (χ0n) is 19.2. The molecule has 0 bridgehead atoms. The van der Waals surface area contributed by atoms with Gasteiger partial charge in [-0.1, -0.05) is 0 Å². The van der Waals surface area contributed by atoms with Crippen LogP contribution >= 0.6 is 0 Å². The van der Waals surface area contributed by atoms with Crippen LogP contribution in [0.15, 0.2) is 30.9 Å². The lowest BCUT2D eigenvalue weighted by atomic mass is 10.2. The zero-order valence-corrected chi connectivity index (χ0v) is 20.1. The molecule has 5 heterocycles. The standard InChI is InChI=1S/C22H29N7O4S/c1-32-19-10-17(11-23-12-19)20-15-29-14-18(13-26-2-4-27(5-3-26)16-34(30)31)24-21(29)22(25-20)28-6-8-33-9-7-28/h10-12,14-15,34H,2-9,13,16H2,1H3. The number of methoxy groups -OCH3 is 1. The fraction of sp³-hybridized carbons (Fsp3) is 0.500. The first kappa shape index (κ1) is 23.0. The van der Waals surface area contributed by atoms with Gasteiger partial charge in [0.1, 0.15) is 5.75 Å². The van der Waals surface area contributed by atoms with Crippen molar-refractivity contribution in [3.8, 4) is 17.0 Å². The molecule has 0 radical (unpaired) electrons. The van der Waals surface area contributed by atoms with Gasteiger partial charge in [-0.3, -0.25) is 14.8 Å². The topological polar surface area (TPSA) is 105 Å². The number of morpholine rings is 1. The monoisotopic (exact) mass is 487 g/mol. The first-order chi connectivity index (χ1) is 16.6. The average molecular weight is 488 g/mol. The summed E-state index contributed by atoms with van der Waals surface area (Å²) in [5.74, 6) is 1.65. The van der Waals surface area contributed by atoms with E-state index in [9.17, 15) is 8.42 Å². The van der Waals surface area contributed by atoms with Gasteiger partial charge in [-0.25, -0.2) is 18.4 Å². The molecule has 2 aliphatic heterocycles. The van der Waals surface area contributed by atoms with E-state index < -0.39 is 10.7 Å². The molecular formula is C22H29N7O4S. The predicted octanol–water partition coefficient (Wildman–Crippen LogP) is 0.323. The molecule has 0 atom stereocenters. The number of ether oxygens (including phenoxy) is 2. The lowest BCUT2D eigenvalue weighted by Crippen LogP contribution is -2.46. The lowest BCUT2D eigenvalue weighted by Gasteiger charge is -2.32. The SMILES string of the molecule is COc1cncc(-c2cn3cc(CN4CCN(C[SH](=O)=O)CC4)nc3c(N3CCOCC3)n2)c1. The summed E-state index contributed by atoms with van der Waals surface area (Å²) in [5, 5.41) is 0. The minimum atomic E-state index is -2.38. The normalized spacial score (nSPS) is 18.1. The van der Waals surface area contributed by atoms with Crippen molar-refractivity contribution in [1.29, 1.82) is 0 Å². The second-order valence-electron chi connectivity index (χ2n) is 8.49. The Morgan fingerprint density at radius 2 is 1.76 bits per heavy atom. The fourth-order valence-electron chi connectivity index (χ4n) is 4.39. The third kappa shape index (κ3) is 5.14. The molecule has 0 amide bonds. The molecule has 3 aromatic heterocycles. The van der Waals surface area contributed by atoms with Crippen LogP contribution in [0.5, 0.6) is 5.75 Å². The number of nitrogens with zero attached hydrogens (tertiary/aromatic N) is 7. The molecule has 0 unspecified atom stereocenters. The van der Waals surface area contributed by atoms with Crippen LogP contribution in [0.4, 0.5) is 5.82 Å². The van der Waals surface area contributed by atoms with Gasteiger partial charge in [0.05, 0.1) is 43.8 Å². The molecule has 11 nitrogen and oxygen atoms in total. The maximum Gasteiger partial charge on any atom is 0.180 e. The van der Waals surface area contributed by atoms with E-state index in [4.69, 9.17) is 19.4 Å². The van der Waals surface area contributed by atoms with Crippen LogP contribution in [0.2, 0.25) is 0 Å². The van der Waals surface area contributed by atoms with E-state index in [-0.39, 0.29) is 5.88 Å². The summed E-state index contributed by atoms with van der Waals surface area (Å²) in [7, 11) is -0.753. The average Bonchev–Trinajstić information content (AvgIpc) is 3.27. The molecule has 0 saturated carbocycles. The van der Waals surface area contributed by atoms with Crippen LogP contribution in [-0.2, 0) is 22.0 Å². The van der Waals surface area contributed by atoms with Crippen LogP contribution in [0, 0.1) is 0 Å².